The number of rotatable bonds is 7. The molecule has 8 heteroatoms. The molecule has 1 fully saturated rings. The molecule has 6 nitrogen and oxygen atoms in total. The summed E-state index contributed by atoms with van der Waals surface area (Å²) >= 11 is 6.13. The van der Waals surface area contributed by atoms with Gasteiger partial charge >= 0.3 is 0 Å². The first-order valence-corrected chi connectivity index (χ1v) is 13.6. The van der Waals surface area contributed by atoms with Crippen LogP contribution in [0.25, 0.3) is 0 Å². The minimum atomic E-state index is -3.93. The van der Waals surface area contributed by atoms with Gasteiger partial charge in [-0.25, -0.2) is 8.42 Å². The molecule has 4 rings (SSSR count). The third-order valence-corrected chi connectivity index (χ3v) is 8.34. The molecular weight excluding hydrogens is 482 g/mol. The van der Waals surface area contributed by atoms with Gasteiger partial charge in [-0.15, -0.1) is 0 Å². The highest BCUT2D eigenvalue weighted by Crippen LogP contribution is 2.28. The molecule has 1 aliphatic heterocycles. The van der Waals surface area contributed by atoms with E-state index in [1.54, 1.807) is 41.3 Å². The summed E-state index contributed by atoms with van der Waals surface area (Å²) in [5.41, 5.74) is 3.41. The third kappa shape index (κ3) is 5.63. The highest BCUT2D eigenvalue weighted by molar-refractivity contribution is 7.92. The first-order chi connectivity index (χ1) is 16.8. The molecule has 1 heterocycles. The number of halogens is 1. The smallest absolute Gasteiger partial charge is 0.264 e. The van der Waals surface area contributed by atoms with Crippen LogP contribution < -0.4 is 9.21 Å². The Labute approximate surface area is 212 Å². The van der Waals surface area contributed by atoms with Crippen LogP contribution in [0.3, 0.4) is 0 Å². The summed E-state index contributed by atoms with van der Waals surface area (Å²) in [4.78, 5) is 17.5. The minimum Gasteiger partial charge on any atom is -0.368 e. The highest BCUT2D eigenvalue weighted by Gasteiger charge is 2.31. The van der Waals surface area contributed by atoms with E-state index in [2.05, 4.69) is 4.90 Å². The van der Waals surface area contributed by atoms with Gasteiger partial charge in [0.1, 0.15) is 6.54 Å². The zero-order valence-corrected chi connectivity index (χ0v) is 21.6. The zero-order valence-electron chi connectivity index (χ0n) is 20.0. The molecule has 0 N–H and O–H groups in total. The summed E-state index contributed by atoms with van der Waals surface area (Å²) in [6.07, 6.45) is 0.655. The van der Waals surface area contributed by atoms with E-state index in [0.29, 0.717) is 43.3 Å². The van der Waals surface area contributed by atoms with Crippen LogP contribution in [0.4, 0.5) is 11.4 Å². The van der Waals surface area contributed by atoms with Crippen LogP contribution in [-0.2, 0) is 21.2 Å². The van der Waals surface area contributed by atoms with Gasteiger partial charge in [-0.05, 0) is 55.3 Å². The topological polar surface area (TPSA) is 60.9 Å². The number of nitrogens with zero attached hydrogens (tertiary/aromatic N) is 3. The minimum absolute atomic E-state index is 0.174. The molecule has 0 aliphatic carbocycles. The van der Waals surface area contributed by atoms with Gasteiger partial charge < -0.3 is 9.80 Å². The number of carbonyl (C=O) groups excluding carboxylic acids is 1. The van der Waals surface area contributed by atoms with Gasteiger partial charge in [0.2, 0.25) is 5.91 Å². The Morgan fingerprint density at radius 1 is 0.943 bits per heavy atom. The van der Waals surface area contributed by atoms with Crippen molar-refractivity contribution in [2.75, 3.05) is 41.9 Å². The summed E-state index contributed by atoms with van der Waals surface area (Å²) in [7, 11) is -3.93. The second kappa shape index (κ2) is 10.7. The van der Waals surface area contributed by atoms with Gasteiger partial charge in [0.15, 0.2) is 0 Å². The van der Waals surface area contributed by atoms with Crippen molar-refractivity contribution in [1.29, 1.82) is 0 Å². The summed E-state index contributed by atoms with van der Waals surface area (Å²) in [5.74, 6) is -0.211. The fraction of sp³-hybridized carbons (Fsp3) is 0.296. The van der Waals surface area contributed by atoms with Gasteiger partial charge in [0.25, 0.3) is 10.0 Å². The quantitative estimate of drug-likeness (QED) is 0.459. The first-order valence-electron chi connectivity index (χ1n) is 11.7. The average Bonchev–Trinajstić information content (AvgIpc) is 2.87. The summed E-state index contributed by atoms with van der Waals surface area (Å²) in [5, 5.41) is 0.674. The Kier molecular flexibility index (Phi) is 7.67. The predicted octanol–water partition coefficient (Wildman–Crippen LogP) is 4.75. The number of anilines is 2. The number of hydrogen-bond acceptors (Lipinski definition) is 4. The van der Waals surface area contributed by atoms with Gasteiger partial charge in [-0.1, -0.05) is 60.5 Å². The van der Waals surface area contributed by atoms with Crippen LogP contribution in [0.2, 0.25) is 5.02 Å². The molecule has 3 aromatic rings. The largest absolute Gasteiger partial charge is 0.368 e. The molecule has 0 spiro atoms. The Balaban J connectivity index is 1.57. The molecule has 1 amide bonds. The second-order valence-corrected chi connectivity index (χ2v) is 11.0. The lowest BCUT2D eigenvalue weighted by Crippen LogP contribution is -2.52. The maximum absolute atomic E-state index is 13.7. The van der Waals surface area contributed by atoms with Crippen molar-refractivity contribution in [3.8, 4) is 0 Å². The fourth-order valence-electron chi connectivity index (χ4n) is 4.30. The SMILES string of the molecule is CCc1ccccc1N(CC(=O)N1CCN(c2cccc(Cl)c2)CC1)S(=O)(=O)c1ccc(C)cc1. The maximum atomic E-state index is 13.7. The zero-order chi connectivity index (χ0) is 25.0. The van der Waals surface area contributed by atoms with E-state index in [0.717, 1.165) is 16.8 Å². The number of hydrogen-bond donors (Lipinski definition) is 0. The molecule has 35 heavy (non-hydrogen) atoms. The van der Waals surface area contributed by atoms with Crippen LogP contribution >= 0.6 is 11.6 Å². The van der Waals surface area contributed by atoms with Crippen molar-refractivity contribution in [1.82, 2.24) is 4.90 Å². The standard InChI is InChI=1S/C27H30ClN3O3S/c1-3-22-7-4-5-10-26(22)31(35(33,34)25-13-11-21(2)12-14-25)20-27(32)30-17-15-29(16-18-30)24-9-6-8-23(28)19-24/h4-14,19H,3,15-18,20H2,1-2H3. The number of piperazine rings is 1. The molecule has 0 radical (unpaired) electrons. The Morgan fingerprint density at radius 2 is 1.63 bits per heavy atom. The number of para-hydroxylation sites is 1. The fourth-order valence-corrected chi connectivity index (χ4v) is 5.94. The van der Waals surface area contributed by atoms with E-state index in [9.17, 15) is 13.2 Å². The van der Waals surface area contributed by atoms with Crippen molar-refractivity contribution in [2.24, 2.45) is 0 Å². The van der Waals surface area contributed by atoms with Gasteiger partial charge in [-0.2, -0.15) is 0 Å². The number of carbonyl (C=O) groups is 1. The molecular formula is C27H30ClN3O3S. The molecule has 1 saturated heterocycles. The summed E-state index contributed by atoms with van der Waals surface area (Å²) in [6.45, 7) is 5.98. The normalized spacial score (nSPS) is 14.1. The van der Waals surface area contributed by atoms with Gasteiger partial charge in [0, 0.05) is 36.9 Å². The monoisotopic (exact) mass is 511 g/mol. The Bertz CT molecular complexity index is 1290. The summed E-state index contributed by atoms with van der Waals surface area (Å²) in [6, 6.07) is 21.8. The third-order valence-electron chi connectivity index (χ3n) is 6.33. The molecule has 3 aromatic carbocycles. The van der Waals surface area contributed by atoms with Gasteiger partial charge in [-0.3, -0.25) is 9.10 Å². The maximum Gasteiger partial charge on any atom is 0.264 e. The molecule has 0 aromatic heterocycles. The molecule has 184 valence electrons. The van der Waals surface area contributed by atoms with Gasteiger partial charge in [0.05, 0.1) is 10.6 Å². The average molecular weight is 512 g/mol. The molecule has 0 unspecified atom stereocenters. The van der Waals surface area contributed by atoms with E-state index in [4.69, 9.17) is 11.6 Å². The van der Waals surface area contributed by atoms with E-state index in [1.165, 1.54) is 4.31 Å². The van der Waals surface area contributed by atoms with Crippen molar-refractivity contribution in [3.05, 3.63) is 88.9 Å². The van der Waals surface area contributed by atoms with Crippen LogP contribution in [-0.4, -0.2) is 51.9 Å². The molecule has 1 aliphatic rings. The van der Waals surface area contributed by atoms with Crippen molar-refractivity contribution < 1.29 is 13.2 Å². The number of sulfonamides is 1. The molecule has 0 saturated carbocycles. The highest BCUT2D eigenvalue weighted by atomic mass is 35.5. The number of amides is 1. The molecule has 0 bridgehead atoms. The second-order valence-electron chi connectivity index (χ2n) is 8.65. The van der Waals surface area contributed by atoms with E-state index in [-0.39, 0.29) is 17.3 Å². The van der Waals surface area contributed by atoms with Crippen LogP contribution in [0.15, 0.2) is 77.7 Å². The van der Waals surface area contributed by atoms with Crippen LogP contribution in [0.5, 0.6) is 0 Å². The van der Waals surface area contributed by atoms with E-state index >= 15 is 0 Å². The summed E-state index contributed by atoms with van der Waals surface area (Å²) < 4.78 is 28.7. The van der Waals surface area contributed by atoms with E-state index in [1.807, 2.05) is 50.2 Å². The Hall–Kier alpha value is -3.03. The van der Waals surface area contributed by atoms with Crippen LogP contribution in [0, 0.1) is 6.92 Å². The lowest BCUT2D eigenvalue weighted by Gasteiger charge is -2.37. The van der Waals surface area contributed by atoms with Crippen molar-refractivity contribution in [3.63, 3.8) is 0 Å². The molecule has 0 atom stereocenters. The first kappa shape index (κ1) is 25.1. The lowest BCUT2D eigenvalue weighted by atomic mass is 10.1. The van der Waals surface area contributed by atoms with Crippen molar-refractivity contribution in [2.45, 2.75) is 25.2 Å². The number of aryl methyl sites for hydroxylation is 2. The van der Waals surface area contributed by atoms with Crippen LogP contribution in [0.1, 0.15) is 18.1 Å². The number of benzene rings is 3. The predicted molar refractivity (Wildman–Crippen MR) is 142 cm³/mol. The van der Waals surface area contributed by atoms with Crippen molar-refractivity contribution >= 4 is 38.9 Å². The lowest BCUT2D eigenvalue weighted by molar-refractivity contribution is -0.129. The Morgan fingerprint density at radius 3 is 2.29 bits per heavy atom. The van der Waals surface area contributed by atoms with E-state index < -0.39 is 10.0 Å².